The number of aromatic nitrogens is 3. The molecule has 0 unspecified atom stereocenters. The maximum Gasteiger partial charge on any atom is 0.250 e. The van der Waals surface area contributed by atoms with Gasteiger partial charge in [0.05, 0.1) is 19.1 Å². The van der Waals surface area contributed by atoms with Crippen LogP contribution in [0.25, 0.3) is 11.4 Å². The molecule has 3 rings (SSSR count). The largest absolute Gasteiger partial charge is 0.497 e. The molecular formula is C21H23N5O2S2. The number of nitrogens with one attached hydrogen (secondary N) is 1. The number of benzene rings is 2. The van der Waals surface area contributed by atoms with Crippen molar-refractivity contribution < 1.29 is 9.53 Å². The first-order valence-electron chi connectivity index (χ1n) is 9.31. The summed E-state index contributed by atoms with van der Waals surface area (Å²) >= 11 is 3.01. The molecule has 1 N–H and O–H groups in total. The number of amides is 1. The van der Waals surface area contributed by atoms with E-state index < -0.39 is 0 Å². The summed E-state index contributed by atoms with van der Waals surface area (Å²) in [4.78, 5) is 13.3. The molecule has 0 spiro atoms. The van der Waals surface area contributed by atoms with Crippen LogP contribution in [0.1, 0.15) is 12.5 Å². The van der Waals surface area contributed by atoms with Crippen LogP contribution in [-0.2, 0) is 11.3 Å². The van der Waals surface area contributed by atoms with E-state index in [2.05, 4.69) is 20.7 Å². The van der Waals surface area contributed by atoms with Gasteiger partial charge in [0.1, 0.15) is 5.75 Å². The van der Waals surface area contributed by atoms with Gasteiger partial charge in [-0.05, 0) is 55.1 Å². The highest BCUT2D eigenvalue weighted by molar-refractivity contribution is 7.99. The molecule has 3 aromatic rings. The standard InChI is InChI=1S/C21H23N5O2S2/c1-4-26-20(16-7-9-17(28-2)10-8-16)24-25-21(26)30-14-19(27)23-22-13-15-5-11-18(29-3)12-6-15/h5-13H,4,14H2,1-3H3,(H,23,27)/b22-13+. The quantitative estimate of drug-likeness (QED) is 0.308. The lowest BCUT2D eigenvalue weighted by Gasteiger charge is -2.07. The van der Waals surface area contributed by atoms with Gasteiger partial charge in [-0.1, -0.05) is 23.9 Å². The minimum absolute atomic E-state index is 0.198. The van der Waals surface area contributed by atoms with Crippen LogP contribution in [0.3, 0.4) is 0 Å². The molecule has 7 nitrogen and oxygen atoms in total. The summed E-state index contributed by atoms with van der Waals surface area (Å²) in [6.07, 6.45) is 3.66. The van der Waals surface area contributed by atoms with Crippen LogP contribution in [0, 0.1) is 0 Å². The summed E-state index contributed by atoms with van der Waals surface area (Å²) in [5.41, 5.74) is 4.42. The fourth-order valence-corrected chi connectivity index (χ4v) is 3.87. The van der Waals surface area contributed by atoms with E-state index in [9.17, 15) is 4.79 Å². The second-order valence-corrected chi connectivity index (χ2v) is 7.96. The van der Waals surface area contributed by atoms with Gasteiger partial charge in [0.25, 0.3) is 5.91 Å². The Hall–Kier alpha value is -2.78. The number of ether oxygens (including phenoxy) is 1. The molecule has 0 radical (unpaired) electrons. The number of thioether (sulfide) groups is 2. The van der Waals surface area contributed by atoms with Crippen LogP contribution in [0.2, 0.25) is 0 Å². The average Bonchev–Trinajstić information content (AvgIpc) is 3.21. The number of rotatable bonds is 9. The van der Waals surface area contributed by atoms with Crippen LogP contribution in [0.5, 0.6) is 5.75 Å². The normalized spacial score (nSPS) is 11.0. The molecule has 1 heterocycles. The molecule has 0 saturated heterocycles. The van der Waals surface area contributed by atoms with E-state index >= 15 is 0 Å². The SMILES string of the molecule is CCn1c(SCC(=O)N/N=C/c2ccc(SC)cc2)nnc1-c1ccc(OC)cc1. The molecule has 1 amide bonds. The third-order valence-electron chi connectivity index (χ3n) is 4.23. The van der Waals surface area contributed by atoms with Gasteiger partial charge in [-0.25, -0.2) is 5.43 Å². The Kier molecular flexibility index (Phi) is 7.92. The highest BCUT2D eigenvalue weighted by atomic mass is 32.2. The van der Waals surface area contributed by atoms with Crippen LogP contribution < -0.4 is 10.2 Å². The molecule has 0 aliphatic carbocycles. The second kappa shape index (κ2) is 10.8. The van der Waals surface area contributed by atoms with Crippen LogP contribution >= 0.6 is 23.5 Å². The van der Waals surface area contributed by atoms with E-state index in [0.717, 1.165) is 22.7 Å². The fourth-order valence-electron chi connectivity index (χ4n) is 2.67. The lowest BCUT2D eigenvalue weighted by Crippen LogP contribution is -2.20. The average molecular weight is 442 g/mol. The summed E-state index contributed by atoms with van der Waals surface area (Å²) in [5, 5.41) is 13.3. The number of carbonyl (C=O) groups is 1. The zero-order valence-electron chi connectivity index (χ0n) is 17.0. The Morgan fingerprint density at radius 2 is 1.90 bits per heavy atom. The lowest BCUT2D eigenvalue weighted by molar-refractivity contribution is -0.118. The van der Waals surface area contributed by atoms with Gasteiger partial charge in [0.2, 0.25) is 0 Å². The Balaban J connectivity index is 1.57. The van der Waals surface area contributed by atoms with E-state index in [1.54, 1.807) is 25.1 Å². The number of hydrogen-bond donors (Lipinski definition) is 1. The van der Waals surface area contributed by atoms with E-state index in [4.69, 9.17) is 4.74 Å². The minimum atomic E-state index is -0.200. The zero-order valence-corrected chi connectivity index (χ0v) is 18.7. The number of hydrogen-bond acceptors (Lipinski definition) is 7. The molecule has 0 saturated carbocycles. The van der Waals surface area contributed by atoms with Crippen molar-refractivity contribution in [2.45, 2.75) is 23.5 Å². The highest BCUT2D eigenvalue weighted by Gasteiger charge is 2.14. The molecule has 2 aromatic carbocycles. The van der Waals surface area contributed by atoms with Gasteiger partial charge in [0, 0.05) is 17.0 Å². The Labute approximate surface area is 184 Å². The van der Waals surface area contributed by atoms with Crippen molar-refractivity contribution in [1.82, 2.24) is 20.2 Å². The molecule has 0 atom stereocenters. The van der Waals surface area contributed by atoms with Crippen molar-refractivity contribution in [3.63, 3.8) is 0 Å². The maximum absolute atomic E-state index is 12.1. The molecular weight excluding hydrogens is 418 g/mol. The fraction of sp³-hybridized carbons (Fsp3) is 0.238. The molecule has 30 heavy (non-hydrogen) atoms. The topological polar surface area (TPSA) is 81.4 Å². The van der Waals surface area contributed by atoms with Gasteiger partial charge in [-0.2, -0.15) is 5.10 Å². The number of methoxy groups -OCH3 is 1. The van der Waals surface area contributed by atoms with Crippen molar-refractivity contribution in [2.24, 2.45) is 5.10 Å². The lowest BCUT2D eigenvalue weighted by atomic mass is 10.2. The predicted molar refractivity (Wildman–Crippen MR) is 122 cm³/mol. The smallest absolute Gasteiger partial charge is 0.250 e. The van der Waals surface area contributed by atoms with E-state index in [1.807, 2.05) is 66.3 Å². The molecule has 1 aromatic heterocycles. The molecule has 0 aliphatic heterocycles. The summed E-state index contributed by atoms with van der Waals surface area (Å²) in [5.74, 6) is 1.54. The van der Waals surface area contributed by atoms with E-state index in [1.165, 1.54) is 16.7 Å². The predicted octanol–water partition coefficient (Wildman–Crippen LogP) is 3.94. The van der Waals surface area contributed by atoms with Gasteiger partial charge in [-0.3, -0.25) is 4.79 Å². The van der Waals surface area contributed by atoms with Crippen molar-refractivity contribution in [2.75, 3.05) is 19.1 Å². The number of carbonyl (C=O) groups excluding carboxylic acids is 1. The van der Waals surface area contributed by atoms with E-state index in [0.29, 0.717) is 11.7 Å². The maximum atomic E-state index is 12.1. The van der Waals surface area contributed by atoms with E-state index in [-0.39, 0.29) is 11.7 Å². The van der Waals surface area contributed by atoms with Crippen LogP contribution in [0.4, 0.5) is 0 Å². The first-order chi connectivity index (χ1) is 14.6. The monoisotopic (exact) mass is 441 g/mol. The van der Waals surface area contributed by atoms with Crippen molar-refractivity contribution >= 4 is 35.6 Å². The summed E-state index contributed by atoms with van der Waals surface area (Å²) in [6.45, 7) is 2.72. The van der Waals surface area contributed by atoms with Gasteiger partial charge in [-0.15, -0.1) is 22.0 Å². The molecule has 0 fully saturated rings. The van der Waals surface area contributed by atoms with Crippen molar-refractivity contribution in [3.8, 4) is 17.1 Å². The third kappa shape index (κ3) is 5.64. The Morgan fingerprint density at radius 3 is 2.53 bits per heavy atom. The molecule has 156 valence electrons. The summed E-state index contributed by atoms with van der Waals surface area (Å²) in [6, 6.07) is 15.6. The second-order valence-electron chi connectivity index (χ2n) is 6.13. The van der Waals surface area contributed by atoms with Gasteiger partial charge < -0.3 is 9.30 Å². The summed E-state index contributed by atoms with van der Waals surface area (Å²) in [7, 11) is 1.63. The first kappa shape index (κ1) is 21.9. The first-order valence-corrected chi connectivity index (χ1v) is 11.5. The van der Waals surface area contributed by atoms with Gasteiger partial charge >= 0.3 is 0 Å². The number of nitrogens with zero attached hydrogens (tertiary/aromatic N) is 4. The third-order valence-corrected chi connectivity index (χ3v) is 5.94. The molecule has 0 bridgehead atoms. The van der Waals surface area contributed by atoms with Gasteiger partial charge in [0.15, 0.2) is 11.0 Å². The zero-order chi connectivity index (χ0) is 21.3. The van der Waals surface area contributed by atoms with Crippen molar-refractivity contribution in [1.29, 1.82) is 0 Å². The molecule has 9 heteroatoms. The van der Waals surface area contributed by atoms with Crippen LogP contribution in [-0.4, -0.2) is 46.0 Å². The number of hydrazone groups is 1. The highest BCUT2D eigenvalue weighted by Crippen LogP contribution is 2.25. The Morgan fingerprint density at radius 1 is 1.17 bits per heavy atom. The summed E-state index contributed by atoms with van der Waals surface area (Å²) < 4.78 is 7.18. The van der Waals surface area contributed by atoms with Crippen LogP contribution in [0.15, 0.2) is 63.7 Å². The van der Waals surface area contributed by atoms with Crippen molar-refractivity contribution in [3.05, 3.63) is 54.1 Å². The molecule has 0 aliphatic rings. The Bertz CT molecular complexity index is 1000. The minimum Gasteiger partial charge on any atom is -0.497 e.